The van der Waals surface area contributed by atoms with E-state index >= 15 is 0 Å². The summed E-state index contributed by atoms with van der Waals surface area (Å²) in [5, 5.41) is 0. The van der Waals surface area contributed by atoms with Crippen LogP contribution < -0.4 is 0 Å². The first-order valence-electron chi connectivity index (χ1n) is 6.18. The molecule has 0 amide bonds. The maximum Gasteiger partial charge on any atom is 0.133 e. The van der Waals surface area contributed by atoms with Crippen LogP contribution in [0.2, 0.25) is 0 Å². The maximum atomic E-state index is 11.5. The summed E-state index contributed by atoms with van der Waals surface area (Å²) < 4.78 is 0. The van der Waals surface area contributed by atoms with Crippen LogP contribution in [0.15, 0.2) is 0 Å². The van der Waals surface area contributed by atoms with Crippen LogP contribution in [0.5, 0.6) is 0 Å². The lowest BCUT2D eigenvalue weighted by molar-refractivity contribution is -0.119. The van der Waals surface area contributed by atoms with Crippen molar-refractivity contribution >= 4 is 5.78 Å². The molecule has 1 radical (unpaired) electrons. The highest BCUT2D eigenvalue weighted by atomic mass is 16.1. The largest absolute Gasteiger partial charge is 0.300 e. The summed E-state index contributed by atoms with van der Waals surface area (Å²) >= 11 is 0. The van der Waals surface area contributed by atoms with Gasteiger partial charge < -0.3 is 0 Å². The highest BCUT2D eigenvalue weighted by Crippen LogP contribution is 2.26. The van der Waals surface area contributed by atoms with Gasteiger partial charge in [-0.05, 0) is 25.2 Å². The van der Waals surface area contributed by atoms with Crippen LogP contribution in [0, 0.1) is 5.92 Å². The van der Waals surface area contributed by atoms with Gasteiger partial charge in [0.2, 0.25) is 0 Å². The molecule has 14 heavy (non-hydrogen) atoms. The average molecular weight is 195 g/mol. The zero-order valence-electron chi connectivity index (χ0n) is 9.48. The lowest BCUT2D eigenvalue weighted by Crippen LogP contribution is -2.09. The van der Waals surface area contributed by atoms with Gasteiger partial charge in [-0.25, -0.2) is 0 Å². The molecule has 1 aliphatic rings. The monoisotopic (exact) mass is 195 g/mol. The van der Waals surface area contributed by atoms with Crippen molar-refractivity contribution < 1.29 is 4.79 Å². The number of Topliss-reactive ketones (excluding diaryl/α,β-unsaturated/α-hetero) is 1. The summed E-state index contributed by atoms with van der Waals surface area (Å²) in [5.74, 6) is 2.01. The van der Waals surface area contributed by atoms with Crippen molar-refractivity contribution in [2.45, 2.75) is 71.1 Å². The third-order valence-electron chi connectivity index (χ3n) is 3.07. The zero-order valence-corrected chi connectivity index (χ0v) is 9.48. The lowest BCUT2D eigenvalue weighted by atomic mass is 9.87. The van der Waals surface area contributed by atoms with Crippen molar-refractivity contribution in [1.82, 2.24) is 0 Å². The third kappa shape index (κ3) is 4.78. The molecule has 0 aromatic carbocycles. The van der Waals surface area contributed by atoms with E-state index in [1.165, 1.54) is 50.9 Å². The first-order valence-corrected chi connectivity index (χ1v) is 6.18. The topological polar surface area (TPSA) is 17.1 Å². The van der Waals surface area contributed by atoms with Crippen LogP contribution in [-0.2, 0) is 4.79 Å². The number of carbonyl (C=O) groups is 1. The number of rotatable bonds is 4. The van der Waals surface area contributed by atoms with Gasteiger partial charge in [0.25, 0.3) is 0 Å². The Bertz CT molecular complexity index is 163. The van der Waals surface area contributed by atoms with E-state index in [0.29, 0.717) is 5.78 Å². The van der Waals surface area contributed by atoms with E-state index in [9.17, 15) is 4.79 Å². The molecule has 0 atom stereocenters. The van der Waals surface area contributed by atoms with Gasteiger partial charge in [0, 0.05) is 12.8 Å². The molecule has 0 saturated heterocycles. The number of hydrogen-bond acceptors (Lipinski definition) is 1. The fourth-order valence-electron chi connectivity index (χ4n) is 2.17. The molecule has 1 rings (SSSR count). The van der Waals surface area contributed by atoms with Gasteiger partial charge in [-0.2, -0.15) is 0 Å². The minimum absolute atomic E-state index is 0.483. The lowest BCUT2D eigenvalue weighted by Gasteiger charge is -2.17. The van der Waals surface area contributed by atoms with E-state index in [1.807, 2.05) is 0 Å². The van der Waals surface area contributed by atoms with Gasteiger partial charge in [0.1, 0.15) is 5.78 Å². The normalized spacial score (nSPS) is 20.5. The molecule has 0 N–H and O–H groups in total. The molecule has 1 heteroatoms. The minimum Gasteiger partial charge on any atom is -0.300 e. The second kappa shape index (κ2) is 7.03. The van der Waals surface area contributed by atoms with E-state index in [2.05, 4.69) is 6.92 Å². The van der Waals surface area contributed by atoms with Crippen LogP contribution >= 0.6 is 0 Å². The molecule has 0 aliphatic heterocycles. The molecule has 0 aromatic rings. The summed E-state index contributed by atoms with van der Waals surface area (Å²) in [6, 6.07) is 0. The Kier molecular flexibility index (Phi) is 5.89. The fraction of sp³-hybridized carbons (Fsp3) is 0.846. The van der Waals surface area contributed by atoms with Gasteiger partial charge >= 0.3 is 0 Å². The highest BCUT2D eigenvalue weighted by Gasteiger charge is 2.16. The van der Waals surface area contributed by atoms with Gasteiger partial charge in [0.15, 0.2) is 0 Å². The Morgan fingerprint density at radius 1 is 1.07 bits per heavy atom. The number of carbonyl (C=O) groups excluding carboxylic acids is 1. The van der Waals surface area contributed by atoms with E-state index in [0.717, 1.165) is 19.3 Å². The molecular formula is C13H23O. The van der Waals surface area contributed by atoms with Crippen molar-refractivity contribution in [2.75, 3.05) is 0 Å². The molecule has 1 nitrogen and oxygen atoms in total. The van der Waals surface area contributed by atoms with Crippen LogP contribution in [0.1, 0.15) is 71.1 Å². The summed E-state index contributed by atoms with van der Waals surface area (Å²) in [5.41, 5.74) is 0. The number of hydrogen-bond donors (Lipinski definition) is 0. The minimum atomic E-state index is 0.483. The van der Waals surface area contributed by atoms with Crippen molar-refractivity contribution in [1.29, 1.82) is 0 Å². The van der Waals surface area contributed by atoms with Crippen LogP contribution in [0.25, 0.3) is 0 Å². The molecule has 0 aromatic heterocycles. The number of unbranched alkanes of at least 4 members (excludes halogenated alkanes) is 2. The van der Waals surface area contributed by atoms with E-state index in [-0.39, 0.29) is 0 Å². The highest BCUT2D eigenvalue weighted by molar-refractivity contribution is 5.80. The molecular weight excluding hydrogens is 172 g/mol. The van der Waals surface area contributed by atoms with Crippen LogP contribution in [-0.4, -0.2) is 5.78 Å². The Balaban J connectivity index is 2.22. The Morgan fingerprint density at radius 2 is 1.86 bits per heavy atom. The number of ketones is 1. The van der Waals surface area contributed by atoms with E-state index in [4.69, 9.17) is 0 Å². The molecule has 0 bridgehead atoms. The van der Waals surface area contributed by atoms with Gasteiger partial charge in [0.05, 0.1) is 0 Å². The summed E-state index contributed by atoms with van der Waals surface area (Å²) in [6.45, 7) is 2.23. The smallest absolute Gasteiger partial charge is 0.133 e. The molecule has 1 saturated carbocycles. The van der Waals surface area contributed by atoms with Crippen molar-refractivity contribution in [3.8, 4) is 0 Å². The van der Waals surface area contributed by atoms with Crippen molar-refractivity contribution in [3.05, 3.63) is 5.92 Å². The summed E-state index contributed by atoms with van der Waals surface area (Å²) in [7, 11) is 0. The standard InChI is InChI=1S/C13H23O/c1-2-3-5-8-12-9-6-4-7-10-13(14)11-12/h2-11H2,1H3. The predicted molar refractivity (Wildman–Crippen MR) is 60.1 cm³/mol. The van der Waals surface area contributed by atoms with Gasteiger partial charge in [-0.1, -0.05) is 39.0 Å². The van der Waals surface area contributed by atoms with Crippen molar-refractivity contribution in [3.63, 3.8) is 0 Å². The van der Waals surface area contributed by atoms with E-state index in [1.54, 1.807) is 0 Å². The quantitative estimate of drug-likeness (QED) is 0.618. The third-order valence-corrected chi connectivity index (χ3v) is 3.07. The van der Waals surface area contributed by atoms with Gasteiger partial charge in [-0.15, -0.1) is 0 Å². The molecule has 1 aliphatic carbocycles. The summed E-state index contributed by atoms with van der Waals surface area (Å²) in [4.78, 5) is 11.5. The fourth-order valence-corrected chi connectivity index (χ4v) is 2.17. The van der Waals surface area contributed by atoms with Crippen molar-refractivity contribution in [2.24, 2.45) is 0 Å². The van der Waals surface area contributed by atoms with Gasteiger partial charge in [-0.3, -0.25) is 4.79 Å². The average Bonchev–Trinajstić information content (AvgIpc) is 2.13. The second-order valence-electron chi connectivity index (χ2n) is 4.48. The molecule has 81 valence electrons. The molecule has 1 fully saturated rings. The maximum absolute atomic E-state index is 11.5. The summed E-state index contributed by atoms with van der Waals surface area (Å²) in [6.07, 6.45) is 11.6. The Labute approximate surface area is 88.3 Å². The molecule has 0 unspecified atom stereocenters. The Morgan fingerprint density at radius 3 is 2.64 bits per heavy atom. The first kappa shape index (κ1) is 11.7. The SMILES string of the molecule is CCCCC[C]1CCCCCC(=O)C1. The molecule has 0 heterocycles. The first-order chi connectivity index (χ1) is 6.83. The zero-order chi connectivity index (χ0) is 10.2. The van der Waals surface area contributed by atoms with E-state index < -0.39 is 0 Å². The second-order valence-corrected chi connectivity index (χ2v) is 4.48. The Hall–Kier alpha value is -0.330. The molecule has 0 spiro atoms. The predicted octanol–water partition coefficient (Wildman–Crippen LogP) is 4.06. The van der Waals surface area contributed by atoms with Crippen LogP contribution in [0.4, 0.5) is 0 Å². The van der Waals surface area contributed by atoms with Crippen LogP contribution in [0.3, 0.4) is 0 Å².